The number of carbonyl (C=O) groups excluding carboxylic acids is 1. The summed E-state index contributed by atoms with van der Waals surface area (Å²) < 4.78 is 1.29. The maximum atomic E-state index is 12.5. The molecule has 0 bridgehead atoms. The number of imidazole rings is 1. The summed E-state index contributed by atoms with van der Waals surface area (Å²) in [5, 5.41) is 14.5. The van der Waals surface area contributed by atoms with E-state index < -0.39 is 0 Å². The zero-order valence-corrected chi connectivity index (χ0v) is 17.2. The zero-order chi connectivity index (χ0) is 22.0. The summed E-state index contributed by atoms with van der Waals surface area (Å²) in [6.45, 7) is 2.19. The van der Waals surface area contributed by atoms with Crippen LogP contribution in [0.15, 0.2) is 53.5 Å². The van der Waals surface area contributed by atoms with Gasteiger partial charge in [-0.1, -0.05) is 18.2 Å². The minimum atomic E-state index is -0.385. The van der Waals surface area contributed by atoms with Crippen molar-refractivity contribution in [1.82, 2.24) is 14.5 Å². The molecular formula is C23H25N5O3. The zero-order valence-electron chi connectivity index (χ0n) is 17.2. The first-order chi connectivity index (χ1) is 14.9. The molecule has 0 radical (unpaired) electrons. The molecule has 4 aromatic rings. The molecule has 0 unspecified atom stereocenters. The molecule has 0 aliphatic carbocycles. The molecule has 2 aromatic carbocycles. The third kappa shape index (κ3) is 4.39. The molecule has 4 rings (SSSR count). The van der Waals surface area contributed by atoms with Crippen molar-refractivity contribution in [3.05, 3.63) is 81.5 Å². The molecule has 0 fully saturated rings. The summed E-state index contributed by atoms with van der Waals surface area (Å²) in [6.07, 6.45) is 3.13. The number of fused-ring (bicyclic) bond motifs is 1. The van der Waals surface area contributed by atoms with Crippen molar-refractivity contribution in [2.75, 3.05) is 11.9 Å². The molecule has 6 N–H and O–H groups in total. The van der Waals surface area contributed by atoms with Crippen LogP contribution in [0.3, 0.4) is 0 Å². The van der Waals surface area contributed by atoms with Gasteiger partial charge in [0.1, 0.15) is 0 Å². The van der Waals surface area contributed by atoms with Crippen LogP contribution < -0.4 is 16.7 Å². The van der Waals surface area contributed by atoms with E-state index in [0.29, 0.717) is 24.3 Å². The minimum Gasteiger partial charge on any atom is -0.493 e. The number of benzene rings is 2. The predicted octanol–water partition coefficient (Wildman–Crippen LogP) is 2.46. The Kier molecular flexibility index (Phi) is 5.64. The Hall–Kier alpha value is -3.78. The minimum absolute atomic E-state index is 0.0914. The van der Waals surface area contributed by atoms with Crippen molar-refractivity contribution in [2.45, 2.75) is 26.3 Å². The van der Waals surface area contributed by atoms with Gasteiger partial charge in [-0.15, -0.1) is 0 Å². The van der Waals surface area contributed by atoms with Crippen LogP contribution in [0.5, 0.6) is 5.88 Å². The summed E-state index contributed by atoms with van der Waals surface area (Å²) >= 11 is 0. The highest BCUT2D eigenvalue weighted by Crippen LogP contribution is 2.24. The van der Waals surface area contributed by atoms with Crippen molar-refractivity contribution < 1.29 is 9.90 Å². The maximum absolute atomic E-state index is 12.5. The largest absolute Gasteiger partial charge is 0.493 e. The number of anilines is 1. The first-order valence-corrected chi connectivity index (χ1v) is 10.1. The molecular weight excluding hydrogens is 394 g/mol. The second-order valence-corrected chi connectivity index (χ2v) is 7.61. The lowest BCUT2D eigenvalue weighted by atomic mass is 10.0. The topological polar surface area (TPSA) is 129 Å². The Morgan fingerprint density at radius 2 is 2.03 bits per heavy atom. The number of H-pyrrole nitrogens is 2. The van der Waals surface area contributed by atoms with Gasteiger partial charge in [0.05, 0.1) is 12.2 Å². The van der Waals surface area contributed by atoms with E-state index in [-0.39, 0.29) is 24.0 Å². The molecule has 0 saturated heterocycles. The van der Waals surface area contributed by atoms with Gasteiger partial charge in [0.2, 0.25) is 11.8 Å². The van der Waals surface area contributed by atoms with E-state index in [1.54, 1.807) is 18.2 Å². The number of hydrogen-bond donors (Lipinski definition) is 5. The van der Waals surface area contributed by atoms with Gasteiger partial charge >= 0.3 is 5.69 Å². The first kappa shape index (κ1) is 20.5. The Balaban J connectivity index is 1.59. The molecule has 1 amide bonds. The van der Waals surface area contributed by atoms with E-state index in [1.807, 2.05) is 24.4 Å². The summed E-state index contributed by atoms with van der Waals surface area (Å²) in [6, 6.07) is 13.2. The van der Waals surface area contributed by atoms with Crippen LogP contribution in [-0.4, -0.2) is 32.1 Å². The number of amides is 1. The van der Waals surface area contributed by atoms with Gasteiger partial charge in [0.25, 0.3) is 0 Å². The fraction of sp³-hybridized carbons (Fsp3) is 0.217. The highest BCUT2D eigenvalue weighted by molar-refractivity contribution is 5.88. The van der Waals surface area contributed by atoms with Crippen LogP contribution in [-0.2, 0) is 24.2 Å². The number of aromatic hydroxyl groups is 1. The second kappa shape index (κ2) is 8.53. The van der Waals surface area contributed by atoms with Gasteiger partial charge in [-0.2, -0.15) is 0 Å². The van der Waals surface area contributed by atoms with E-state index in [9.17, 15) is 14.7 Å². The Labute approximate surface area is 178 Å². The highest BCUT2D eigenvalue weighted by atomic mass is 16.3. The molecule has 2 aromatic heterocycles. The number of hydrogen-bond acceptors (Lipinski definition) is 4. The van der Waals surface area contributed by atoms with E-state index >= 15 is 0 Å². The van der Waals surface area contributed by atoms with Gasteiger partial charge in [0.15, 0.2) is 0 Å². The molecule has 160 valence electrons. The summed E-state index contributed by atoms with van der Waals surface area (Å²) in [4.78, 5) is 29.8. The van der Waals surface area contributed by atoms with Gasteiger partial charge in [0, 0.05) is 36.1 Å². The number of nitrogens with one attached hydrogen (secondary N) is 3. The van der Waals surface area contributed by atoms with Crippen LogP contribution >= 0.6 is 0 Å². The van der Waals surface area contributed by atoms with Crippen LogP contribution in [0.25, 0.3) is 10.9 Å². The predicted molar refractivity (Wildman–Crippen MR) is 120 cm³/mol. The van der Waals surface area contributed by atoms with Gasteiger partial charge in [-0.05, 0) is 53.9 Å². The second-order valence-electron chi connectivity index (χ2n) is 7.61. The third-order valence-electron chi connectivity index (χ3n) is 5.24. The third-order valence-corrected chi connectivity index (χ3v) is 5.24. The standard InChI is InChI=1S/C23H25N5O3/c1-14(29)26-18-4-2-3-16(9-18)13-28-22(30)21(27-23(28)31)11-15-5-6-20-19(10-15)17(7-8-24)12-25-20/h2-6,9-10,12,25,30H,7-8,11,13,24H2,1H3,(H,26,29)(H,27,31). The van der Waals surface area contributed by atoms with Crippen molar-refractivity contribution in [3.8, 4) is 5.88 Å². The number of nitrogens with two attached hydrogens (primary N) is 1. The van der Waals surface area contributed by atoms with Crippen LogP contribution in [0.2, 0.25) is 0 Å². The Morgan fingerprint density at radius 1 is 1.19 bits per heavy atom. The van der Waals surface area contributed by atoms with Crippen molar-refractivity contribution in [1.29, 1.82) is 0 Å². The average Bonchev–Trinajstić information content (AvgIpc) is 3.24. The normalized spacial score (nSPS) is 11.2. The lowest BCUT2D eigenvalue weighted by molar-refractivity contribution is -0.114. The monoisotopic (exact) mass is 419 g/mol. The van der Waals surface area contributed by atoms with E-state index in [0.717, 1.165) is 34.0 Å². The number of rotatable bonds is 7. The Morgan fingerprint density at radius 3 is 2.81 bits per heavy atom. The molecule has 31 heavy (non-hydrogen) atoms. The van der Waals surface area contributed by atoms with Crippen LogP contribution in [0, 0.1) is 0 Å². The van der Waals surface area contributed by atoms with Gasteiger partial charge in [-0.25, -0.2) is 4.79 Å². The molecule has 0 aliphatic rings. The molecule has 0 saturated carbocycles. The fourth-order valence-corrected chi connectivity index (χ4v) is 3.82. The highest BCUT2D eigenvalue weighted by Gasteiger charge is 2.15. The molecule has 0 spiro atoms. The molecule has 8 heteroatoms. The van der Waals surface area contributed by atoms with E-state index in [2.05, 4.69) is 21.4 Å². The van der Waals surface area contributed by atoms with Crippen molar-refractivity contribution >= 4 is 22.5 Å². The van der Waals surface area contributed by atoms with Gasteiger partial charge < -0.3 is 26.1 Å². The van der Waals surface area contributed by atoms with E-state index in [4.69, 9.17) is 5.73 Å². The van der Waals surface area contributed by atoms with Crippen molar-refractivity contribution in [3.63, 3.8) is 0 Å². The lowest BCUT2D eigenvalue weighted by Crippen LogP contribution is -2.17. The first-order valence-electron chi connectivity index (χ1n) is 10.1. The summed E-state index contributed by atoms with van der Waals surface area (Å²) in [7, 11) is 0. The molecule has 2 heterocycles. The number of carbonyl (C=O) groups is 1. The van der Waals surface area contributed by atoms with Gasteiger partial charge in [-0.3, -0.25) is 9.36 Å². The molecule has 0 aliphatic heterocycles. The number of aromatic nitrogens is 3. The summed E-state index contributed by atoms with van der Waals surface area (Å²) in [5.74, 6) is -0.263. The fourth-order valence-electron chi connectivity index (χ4n) is 3.82. The van der Waals surface area contributed by atoms with Crippen molar-refractivity contribution in [2.24, 2.45) is 5.73 Å². The van der Waals surface area contributed by atoms with Crippen LogP contribution in [0.1, 0.15) is 29.3 Å². The molecule has 8 nitrogen and oxygen atoms in total. The lowest BCUT2D eigenvalue weighted by Gasteiger charge is -2.07. The SMILES string of the molecule is CC(=O)Nc1cccc(Cn2c(O)c(Cc3ccc4[nH]cc(CCN)c4c3)[nH]c2=O)c1. The number of nitrogens with zero attached hydrogens (tertiary/aromatic N) is 1. The smallest absolute Gasteiger partial charge is 0.328 e. The quantitative estimate of drug-likeness (QED) is 0.315. The molecule has 0 atom stereocenters. The van der Waals surface area contributed by atoms with E-state index in [1.165, 1.54) is 11.5 Å². The van der Waals surface area contributed by atoms with Crippen LogP contribution in [0.4, 0.5) is 5.69 Å². The Bertz CT molecular complexity index is 1300. The number of aromatic amines is 2. The summed E-state index contributed by atoms with van der Waals surface area (Å²) in [5.41, 5.74) is 10.3. The average molecular weight is 419 g/mol. The maximum Gasteiger partial charge on any atom is 0.328 e.